The molecule has 1 atom stereocenters. The smallest absolute Gasteiger partial charge is 0.262 e. The van der Waals surface area contributed by atoms with Crippen LogP contribution in [-0.2, 0) is 6.54 Å². The Labute approximate surface area is 177 Å². The number of hydrogen-bond acceptors (Lipinski definition) is 7. The molecule has 8 heteroatoms. The van der Waals surface area contributed by atoms with E-state index in [1.54, 1.807) is 17.7 Å². The average Bonchev–Trinajstić information content (AvgIpc) is 3.35. The first-order chi connectivity index (χ1) is 14.0. The van der Waals surface area contributed by atoms with Gasteiger partial charge < -0.3 is 10.6 Å². The predicted molar refractivity (Wildman–Crippen MR) is 119 cm³/mol. The third kappa shape index (κ3) is 4.13. The van der Waals surface area contributed by atoms with E-state index in [-0.39, 0.29) is 11.9 Å². The van der Waals surface area contributed by atoms with Crippen LogP contribution in [0.3, 0.4) is 0 Å². The number of nitrogens with zero attached hydrogens (tertiary/aromatic N) is 3. The van der Waals surface area contributed by atoms with Crippen LogP contribution >= 0.6 is 22.7 Å². The third-order valence-corrected chi connectivity index (χ3v) is 6.89. The Morgan fingerprint density at radius 1 is 1.17 bits per heavy atom. The summed E-state index contributed by atoms with van der Waals surface area (Å²) in [5.41, 5.74) is 2.66. The van der Waals surface area contributed by atoms with Crippen LogP contribution in [0.15, 0.2) is 42.0 Å². The van der Waals surface area contributed by atoms with Gasteiger partial charge >= 0.3 is 0 Å². The van der Waals surface area contributed by atoms with Crippen molar-refractivity contribution in [2.24, 2.45) is 0 Å². The van der Waals surface area contributed by atoms with Crippen molar-refractivity contribution in [2.75, 3.05) is 5.32 Å². The van der Waals surface area contributed by atoms with E-state index in [0.717, 1.165) is 33.0 Å². The highest BCUT2D eigenvalue weighted by Crippen LogP contribution is 2.35. The minimum absolute atomic E-state index is 0.119. The molecule has 4 heterocycles. The number of anilines is 1. The minimum atomic E-state index is -0.119. The number of carbonyl (C=O) groups excluding carboxylic acids is 1. The van der Waals surface area contributed by atoms with E-state index in [4.69, 9.17) is 0 Å². The normalized spacial score (nSPS) is 12.1. The molecule has 0 radical (unpaired) electrons. The largest absolute Gasteiger partial charge is 0.362 e. The van der Waals surface area contributed by atoms with Crippen molar-refractivity contribution in [1.82, 2.24) is 20.3 Å². The zero-order valence-corrected chi connectivity index (χ0v) is 18.0. The Morgan fingerprint density at radius 3 is 2.79 bits per heavy atom. The molecule has 0 aliphatic rings. The Hall–Kier alpha value is -2.84. The van der Waals surface area contributed by atoms with E-state index in [0.29, 0.717) is 11.4 Å². The van der Waals surface area contributed by atoms with E-state index < -0.39 is 0 Å². The molecular formula is C21H21N5OS2. The van der Waals surface area contributed by atoms with Crippen LogP contribution in [0, 0.1) is 13.8 Å². The van der Waals surface area contributed by atoms with Gasteiger partial charge in [-0.3, -0.25) is 9.78 Å². The van der Waals surface area contributed by atoms with E-state index in [2.05, 4.69) is 44.0 Å². The fourth-order valence-corrected chi connectivity index (χ4v) is 4.96. The zero-order valence-electron chi connectivity index (χ0n) is 16.4. The standard InChI is InChI=1S/C21H21N5OS2/c1-12-6-4-7-15(25-12)10-22-20(27)18-13(2)17-19(23-11-24-21(17)29-18)26-14(3)16-8-5-9-28-16/h4-9,11,14H,10H2,1-3H3,(H,22,27)(H,23,24,26)/t14-/m1/s1. The topological polar surface area (TPSA) is 79.8 Å². The van der Waals surface area contributed by atoms with Gasteiger partial charge in [0.1, 0.15) is 17.0 Å². The molecule has 0 aliphatic heterocycles. The van der Waals surface area contributed by atoms with Gasteiger partial charge in [0.25, 0.3) is 5.91 Å². The Kier molecular flexibility index (Phi) is 5.55. The molecule has 1 amide bonds. The van der Waals surface area contributed by atoms with Crippen LogP contribution in [0.1, 0.15) is 44.5 Å². The summed E-state index contributed by atoms with van der Waals surface area (Å²) < 4.78 is 0. The van der Waals surface area contributed by atoms with Crippen molar-refractivity contribution in [1.29, 1.82) is 0 Å². The molecule has 4 rings (SSSR count). The van der Waals surface area contributed by atoms with Crippen molar-refractivity contribution in [2.45, 2.75) is 33.4 Å². The number of hydrogen-bond donors (Lipinski definition) is 2. The number of aryl methyl sites for hydroxylation is 2. The molecule has 148 valence electrons. The monoisotopic (exact) mass is 423 g/mol. The van der Waals surface area contributed by atoms with Crippen molar-refractivity contribution in [3.63, 3.8) is 0 Å². The van der Waals surface area contributed by atoms with Gasteiger partial charge in [-0.2, -0.15) is 0 Å². The highest BCUT2D eigenvalue weighted by Gasteiger charge is 2.20. The van der Waals surface area contributed by atoms with E-state index >= 15 is 0 Å². The number of thiophene rings is 2. The lowest BCUT2D eigenvalue weighted by Gasteiger charge is -2.13. The van der Waals surface area contributed by atoms with Gasteiger partial charge in [0.05, 0.1) is 28.5 Å². The van der Waals surface area contributed by atoms with Crippen LogP contribution in [0.4, 0.5) is 5.82 Å². The molecule has 0 spiro atoms. The van der Waals surface area contributed by atoms with E-state index in [9.17, 15) is 4.79 Å². The average molecular weight is 424 g/mol. The van der Waals surface area contributed by atoms with Crippen LogP contribution < -0.4 is 10.6 Å². The first kappa shape index (κ1) is 19.5. The summed E-state index contributed by atoms with van der Waals surface area (Å²) in [7, 11) is 0. The van der Waals surface area contributed by atoms with Gasteiger partial charge in [-0.1, -0.05) is 12.1 Å². The molecule has 0 fully saturated rings. The van der Waals surface area contributed by atoms with Gasteiger partial charge in [-0.25, -0.2) is 9.97 Å². The summed E-state index contributed by atoms with van der Waals surface area (Å²) in [6.45, 7) is 6.37. The molecule has 2 N–H and O–H groups in total. The van der Waals surface area contributed by atoms with E-state index in [1.807, 2.05) is 38.1 Å². The van der Waals surface area contributed by atoms with Crippen LogP contribution in [0.25, 0.3) is 10.2 Å². The lowest BCUT2D eigenvalue weighted by atomic mass is 10.2. The van der Waals surface area contributed by atoms with Crippen molar-refractivity contribution < 1.29 is 4.79 Å². The highest BCUT2D eigenvalue weighted by atomic mass is 32.1. The van der Waals surface area contributed by atoms with Crippen LogP contribution in [0.5, 0.6) is 0 Å². The Balaban J connectivity index is 1.57. The predicted octanol–water partition coefficient (Wildman–Crippen LogP) is 4.87. The first-order valence-electron chi connectivity index (χ1n) is 9.27. The molecule has 0 bridgehead atoms. The molecule has 0 aromatic carbocycles. The summed E-state index contributed by atoms with van der Waals surface area (Å²) in [5.74, 6) is 0.634. The molecular weight excluding hydrogens is 402 g/mol. The van der Waals surface area contributed by atoms with Crippen LogP contribution in [-0.4, -0.2) is 20.9 Å². The second-order valence-electron chi connectivity index (χ2n) is 6.79. The maximum Gasteiger partial charge on any atom is 0.262 e. The SMILES string of the molecule is Cc1cccc(CNC(=O)c2sc3ncnc(N[C@H](C)c4cccs4)c3c2C)n1. The summed E-state index contributed by atoms with van der Waals surface area (Å²) in [5, 5.41) is 9.40. The molecule has 0 saturated carbocycles. The lowest BCUT2D eigenvalue weighted by molar-refractivity contribution is 0.0954. The maximum absolute atomic E-state index is 12.8. The molecule has 0 unspecified atom stereocenters. The summed E-state index contributed by atoms with van der Waals surface area (Å²) in [6.07, 6.45) is 1.54. The minimum Gasteiger partial charge on any atom is -0.362 e. The number of pyridine rings is 1. The second-order valence-corrected chi connectivity index (χ2v) is 8.77. The maximum atomic E-state index is 12.8. The second kappa shape index (κ2) is 8.26. The quantitative estimate of drug-likeness (QED) is 0.463. The molecule has 4 aromatic heterocycles. The third-order valence-electron chi connectivity index (χ3n) is 4.63. The van der Waals surface area contributed by atoms with Gasteiger partial charge in [0, 0.05) is 10.6 Å². The fourth-order valence-electron chi connectivity index (χ4n) is 3.16. The highest BCUT2D eigenvalue weighted by molar-refractivity contribution is 7.20. The molecule has 0 saturated heterocycles. The Bertz CT molecular complexity index is 1150. The molecule has 29 heavy (non-hydrogen) atoms. The van der Waals surface area contributed by atoms with Gasteiger partial charge in [0.15, 0.2) is 0 Å². The number of amides is 1. The van der Waals surface area contributed by atoms with Gasteiger partial charge in [0.2, 0.25) is 0 Å². The first-order valence-corrected chi connectivity index (χ1v) is 11.0. The van der Waals surface area contributed by atoms with Crippen molar-refractivity contribution in [3.05, 3.63) is 68.7 Å². The number of nitrogens with one attached hydrogen (secondary N) is 2. The summed E-state index contributed by atoms with van der Waals surface area (Å²) in [4.78, 5) is 28.8. The Morgan fingerprint density at radius 2 is 2.03 bits per heavy atom. The molecule has 4 aromatic rings. The van der Waals surface area contributed by atoms with E-state index in [1.165, 1.54) is 16.2 Å². The van der Waals surface area contributed by atoms with Gasteiger partial charge in [-0.05, 0) is 49.9 Å². The number of rotatable bonds is 6. The summed E-state index contributed by atoms with van der Waals surface area (Å²) in [6, 6.07) is 10.0. The summed E-state index contributed by atoms with van der Waals surface area (Å²) >= 11 is 3.09. The fraction of sp³-hybridized carbons (Fsp3) is 0.238. The lowest BCUT2D eigenvalue weighted by Crippen LogP contribution is -2.23. The molecule has 6 nitrogen and oxygen atoms in total. The zero-order chi connectivity index (χ0) is 20.4. The number of carbonyl (C=O) groups is 1. The number of fused-ring (bicyclic) bond motifs is 1. The van der Waals surface area contributed by atoms with Crippen LogP contribution in [0.2, 0.25) is 0 Å². The van der Waals surface area contributed by atoms with Crippen molar-refractivity contribution >= 4 is 44.6 Å². The van der Waals surface area contributed by atoms with Gasteiger partial charge in [-0.15, -0.1) is 22.7 Å². The number of aromatic nitrogens is 3. The van der Waals surface area contributed by atoms with Crippen molar-refractivity contribution in [3.8, 4) is 0 Å². The molecule has 0 aliphatic carbocycles.